The Kier molecular flexibility index (Phi) is 5.42. The van der Waals surface area contributed by atoms with Crippen molar-refractivity contribution in [2.45, 2.75) is 0 Å². The summed E-state index contributed by atoms with van der Waals surface area (Å²) >= 11 is 0. The van der Waals surface area contributed by atoms with E-state index < -0.39 is 0 Å². The molecule has 0 N–H and O–H groups in total. The number of furan rings is 1. The summed E-state index contributed by atoms with van der Waals surface area (Å²) in [4.78, 5) is 15.0. The van der Waals surface area contributed by atoms with E-state index in [9.17, 15) is 0 Å². The summed E-state index contributed by atoms with van der Waals surface area (Å²) in [7, 11) is 0. The average Bonchev–Trinajstić information content (AvgIpc) is 3.45. The maximum Gasteiger partial charge on any atom is 0.162 e. The molecule has 0 aliphatic carbocycles. The highest BCUT2D eigenvalue weighted by Crippen LogP contribution is 2.39. The van der Waals surface area contributed by atoms with Crippen molar-refractivity contribution in [1.82, 2.24) is 15.0 Å². The molecule has 0 spiro atoms. The molecule has 0 amide bonds. The van der Waals surface area contributed by atoms with Crippen molar-refractivity contribution in [3.63, 3.8) is 0 Å². The number of hydrogen-bond donors (Lipinski definition) is 0. The van der Waals surface area contributed by atoms with Crippen LogP contribution in [-0.2, 0) is 0 Å². The molecule has 0 unspecified atom stereocenters. The van der Waals surface area contributed by atoms with Crippen LogP contribution in [0.1, 0.15) is 0 Å². The van der Waals surface area contributed by atoms with Gasteiger partial charge in [0.15, 0.2) is 11.4 Å². The van der Waals surface area contributed by atoms with Crippen molar-refractivity contribution >= 4 is 32.8 Å². The van der Waals surface area contributed by atoms with Crippen LogP contribution >= 0.6 is 0 Å². The Morgan fingerprint density at radius 2 is 1.00 bits per heavy atom. The van der Waals surface area contributed by atoms with Crippen molar-refractivity contribution in [1.29, 1.82) is 0 Å². The van der Waals surface area contributed by atoms with E-state index in [1.165, 1.54) is 0 Å². The lowest BCUT2D eigenvalue weighted by atomic mass is 10.0. The predicted octanol–water partition coefficient (Wildman–Crippen LogP) is 9.59. The Morgan fingerprint density at radius 1 is 0.439 bits per heavy atom. The Bertz CT molecular complexity index is 2130. The molecule has 3 aromatic heterocycles. The van der Waals surface area contributed by atoms with Crippen molar-refractivity contribution in [2.75, 3.05) is 0 Å². The first-order valence-corrected chi connectivity index (χ1v) is 13.6. The first kappa shape index (κ1) is 23.3. The second kappa shape index (κ2) is 9.54. The van der Waals surface area contributed by atoms with Crippen LogP contribution in [0.4, 0.5) is 0 Å². The maximum absolute atomic E-state index is 6.40. The van der Waals surface area contributed by atoms with E-state index >= 15 is 0 Å². The summed E-state index contributed by atoms with van der Waals surface area (Å²) < 4.78 is 6.40. The SMILES string of the molecule is c1ccc(-c2cc(-c3ccccc3)nc(-c3ccc(-c4nc5ccccc5c5c4oc4ccccc45)cc3)n2)cc1. The number of aromatic nitrogens is 3. The molecular weight excluding hydrogens is 502 g/mol. The minimum Gasteiger partial charge on any atom is -0.454 e. The highest BCUT2D eigenvalue weighted by Gasteiger charge is 2.18. The monoisotopic (exact) mass is 525 g/mol. The molecule has 0 saturated heterocycles. The summed E-state index contributed by atoms with van der Waals surface area (Å²) in [6.45, 7) is 0. The second-order valence-corrected chi connectivity index (χ2v) is 10.1. The van der Waals surface area contributed by atoms with Crippen LogP contribution in [0.5, 0.6) is 0 Å². The molecule has 0 saturated carbocycles. The Morgan fingerprint density at radius 3 is 1.68 bits per heavy atom. The minimum atomic E-state index is 0.678. The number of nitrogens with zero attached hydrogens (tertiary/aromatic N) is 3. The van der Waals surface area contributed by atoms with Gasteiger partial charge in [0.1, 0.15) is 11.3 Å². The van der Waals surface area contributed by atoms with Gasteiger partial charge in [-0.15, -0.1) is 0 Å². The van der Waals surface area contributed by atoms with Gasteiger partial charge in [-0.3, -0.25) is 0 Å². The van der Waals surface area contributed by atoms with Gasteiger partial charge in [0, 0.05) is 38.4 Å². The van der Waals surface area contributed by atoms with E-state index in [0.29, 0.717) is 5.82 Å². The lowest BCUT2D eigenvalue weighted by molar-refractivity contribution is 0.669. The number of fused-ring (bicyclic) bond motifs is 5. The van der Waals surface area contributed by atoms with Gasteiger partial charge in [-0.1, -0.05) is 121 Å². The second-order valence-electron chi connectivity index (χ2n) is 10.1. The molecule has 8 rings (SSSR count). The van der Waals surface area contributed by atoms with E-state index in [2.05, 4.69) is 72.8 Å². The first-order valence-electron chi connectivity index (χ1n) is 13.6. The molecule has 41 heavy (non-hydrogen) atoms. The molecule has 0 radical (unpaired) electrons. The summed E-state index contributed by atoms with van der Waals surface area (Å²) in [5, 5.41) is 3.28. The van der Waals surface area contributed by atoms with Crippen molar-refractivity contribution < 1.29 is 4.42 Å². The third-order valence-corrected chi connectivity index (χ3v) is 7.50. The number of hydrogen-bond acceptors (Lipinski definition) is 4. The Labute approximate surface area is 236 Å². The van der Waals surface area contributed by atoms with E-state index in [1.807, 2.05) is 66.7 Å². The molecule has 5 aromatic carbocycles. The van der Waals surface area contributed by atoms with Crippen LogP contribution in [0.3, 0.4) is 0 Å². The minimum absolute atomic E-state index is 0.678. The standard InChI is InChI=1S/C37H23N3O/c1-3-11-24(12-4-1)31-23-32(25-13-5-2-6-14-25)40-37(39-31)27-21-19-26(20-22-27)35-36-34(28-15-7-9-17-30(28)38-35)29-16-8-10-18-33(29)41-36/h1-23H. The van der Waals surface area contributed by atoms with E-state index in [1.54, 1.807) is 0 Å². The zero-order chi connectivity index (χ0) is 27.2. The summed E-state index contributed by atoms with van der Waals surface area (Å²) in [6.07, 6.45) is 0. The molecule has 4 nitrogen and oxygen atoms in total. The highest BCUT2D eigenvalue weighted by molar-refractivity contribution is 6.20. The third kappa shape index (κ3) is 4.05. The molecule has 8 aromatic rings. The van der Waals surface area contributed by atoms with Gasteiger partial charge >= 0.3 is 0 Å². The van der Waals surface area contributed by atoms with Crippen molar-refractivity contribution in [3.05, 3.63) is 140 Å². The first-order chi connectivity index (χ1) is 20.3. The van der Waals surface area contributed by atoms with Crippen LogP contribution in [0.2, 0.25) is 0 Å². The van der Waals surface area contributed by atoms with E-state index in [0.717, 1.165) is 72.2 Å². The molecule has 0 aliphatic rings. The lowest BCUT2D eigenvalue weighted by Crippen LogP contribution is -1.96. The number of pyridine rings is 1. The largest absolute Gasteiger partial charge is 0.454 e. The van der Waals surface area contributed by atoms with Crippen LogP contribution < -0.4 is 0 Å². The molecule has 0 fully saturated rings. The number of rotatable bonds is 4. The molecule has 0 aliphatic heterocycles. The zero-order valence-corrected chi connectivity index (χ0v) is 22.0. The molecule has 0 atom stereocenters. The molecular formula is C37H23N3O. The van der Waals surface area contributed by atoms with Gasteiger partial charge in [0.25, 0.3) is 0 Å². The summed E-state index contributed by atoms with van der Waals surface area (Å²) in [5.74, 6) is 0.678. The molecule has 4 heteroatoms. The van der Waals surface area contributed by atoms with Crippen molar-refractivity contribution in [3.8, 4) is 45.2 Å². The number of benzene rings is 5. The van der Waals surface area contributed by atoms with Crippen molar-refractivity contribution in [2.24, 2.45) is 0 Å². The van der Waals surface area contributed by atoms with Gasteiger partial charge in [0.05, 0.1) is 16.9 Å². The van der Waals surface area contributed by atoms with Crippen LogP contribution in [0.15, 0.2) is 144 Å². The molecule has 3 heterocycles. The summed E-state index contributed by atoms with van der Waals surface area (Å²) in [5.41, 5.74) is 9.22. The quantitative estimate of drug-likeness (QED) is 0.230. The topological polar surface area (TPSA) is 51.8 Å². The van der Waals surface area contributed by atoms with E-state index in [-0.39, 0.29) is 0 Å². The number of para-hydroxylation sites is 2. The van der Waals surface area contributed by atoms with Gasteiger partial charge in [0.2, 0.25) is 0 Å². The predicted molar refractivity (Wildman–Crippen MR) is 166 cm³/mol. The van der Waals surface area contributed by atoms with E-state index in [4.69, 9.17) is 19.4 Å². The fraction of sp³-hybridized carbons (Fsp3) is 0. The van der Waals surface area contributed by atoms with Crippen LogP contribution in [-0.4, -0.2) is 15.0 Å². The van der Waals surface area contributed by atoms with Gasteiger partial charge in [-0.2, -0.15) is 0 Å². The average molecular weight is 526 g/mol. The maximum atomic E-state index is 6.40. The molecule has 0 bridgehead atoms. The normalized spacial score (nSPS) is 11.4. The van der Waals surface area contributed by atoms with Gasteiger partial charge < -0.3 is 4.42 Å². The summed E-state index contributed by atoms with van der Waals surface area (Å²) in [6, 6.07) is 47.2. The Balaban J connectivity index is 1.28. The third-order valence-electron chi connectivity index (χ3n) is 7.50. The fourth-order valence-corrected chi connectivity index (χ4v) is 5.50. The Hall–Kier alpha value is -5.61. The van der Waals surface area contributed by atoms with Gasteiger partial charge in [-0.05, 0) is 18.2 Å². The fourth-order valence-electron chi connectivity index (χ4n) is 5.50. The van der Waals surface area contributed by atoms with Gasteiger partial charge in [-0.25, -0.2) is 15.0 Å². The zero-order valence-electron chi connectivity index (χ0n) is 22.0. The lowest BCUT2D eigenvalue weighted by Gasteiger charge is -2.10. The smallest absolute Gasteiger partial charge is 0.162 e. The molecule has 192 valence electrons. The van der Waals surface area contributed by atoms with Crippen LogP contribution in [0, 0.1) is 0 Å². The highest BCUT2D eigenvalue weighted by atomic mass is 16.3. The van der Waals surface area contributed by atoms with Crippen LogP contribution in [0.25, 0.3) is 78.0 Å².